The van der Waals surface area contributed by atoms with Crippen LogP contribution >= 0.6 is 0 Å². The number of nitrogens with one attached hydrogen (secondary N) is 2. The number of fused-ring (bicyclic) bond motifs is 9. The predicted molar refractivity (Wildman–Crippen MR) is 230 cm³/mol. The van der Waals surface area contributed by atoms with Gasteiger partial charge in [-0.3, -0.25) is 34.9 Å². The molecule has 5 aromatic rings. The highest BCUT2D eigenvalue weighted by molar-refractivity contribution is 6.05. The van der Waals surface area contributed by atoms with E-state index in [9.17, 15) is 14.4 Å². The van der Waals surface area contributed by atoms with E-state index in [2.05, 4.69) is 55.2 Å². The normalized spacial score (nSPS) is 23.9. The number of aromatic nitrogens is 5. The first-order valence-corrected chi connectivity index (χ1v) is 22.0. The van der Waals surface area contributed by atoms with E-state index in [1.807, 2.05) is 18.9 Å². The van der Waals surface area contributed by atoms with E-state index in [-0.39, 0.29) is 30.4 Å². The molecule has 4 fully saturated rings. The summed E-state index contributed by atoms with van der Waals surface area (Å²) in [5.41, 5.74) is 5.75. The second-order valence-corrected chi connectivity index (χ2v) is 18.0. The molecule has 3 aromatic heterocycles. The van der Waals surface area contributed by atoms with Gasteiger partial charge in [-0.2, -0.15) is 5.10 Å². The number of anilines is 3. The summed E-state index contributed by atoms with van der Waals surface area (Å²) in [5, 5.41) is 9.84. The Hall–Kier alpha value is -5.90. The number of carbonyl (C=O) groups is 3. The molecule has 3 saturated heterocycles. The molecule has 62 heavy (non-hydrogen) atoms. The number of piperazine rings is 1. The zero-order valence-corrected chi connectivity index (χ0v) is 35.4. The minimum atomic E-state index is -1.01. The van der Waals surface area contributed by atoms with Gasteiger partial charge in [-0.05, 0) is 107 Å². The van der Waals surface area contributed by atoms with Gasteiger partial charge in [0.15, 0.2) is 0 Å². The van der Waals surface area contributed by atoms with Gasteiger partial charge in [0.1, 0.15) is 11.6 Å². The predicted octanol–water partition coefficient (Wildman–Crippen LogP) is 6.18. The van der Waals surface area contributed by atoms with Crippen molar-refractivity contribution in [3.05, 3.63) is 77.1 Å². The Balaban J connectivity index is 0.838. The van der Waals surface area contributed by atoms with Crippen molar-refractivity contribution in [3.63, 3.8) is 0 Å². The molecule has 4 aliphatic heterocycles. The minimum absolute atomic E-state index is 0.0568. The number of pyridine rings is 1. The molecular weight excluding hydrogens is 795 g/mol. The summed E-state index contributed by atoms with van der Waals surface area (Å²) in [4.78, 5) is 54.7. The molecule has 0 spiro atoms. The fourth-order valence-corrected chi connectivity index (χ4v) is 10.7. The number of ether oxygens (including phenoxy) is 1. The fourth-order valence-electron chi connectivity index (χ4n) is 10.7. The molecule has 16 heteroatoms. The van der Waals surface area contributed by atoms with Gasteiger partial charge < -0.3 is 19.1 Å². The summed E-state index contributed by atoms with van der Waals surface area (Å²) in [6.45, 7) is 9.37. The molecule has 1 aliphatic carbocycles. The number of imide groups is 1. The Labute approximate surface area is 358 Å². The van der Waals surface area contributed by atoms with Crippen LogP contribution in [0.15, 0.2) is 48.7 Å². The van der Waals surface area contributed by atoms with E-state index < -0.39 is 29.4 Å². The average molecular weight is 847 g/mol. The van der Waals surface area contributed by atoms with Crippen LogP contribution in [-0.4, -0.2) is 98.4 Å². The van der Waals surface area contributed by atoms with Crippen LogP contribution in [0.5, 0.6) is 5.88 Å². The van der Waals surface area contributed by atoms with Crippen molar-refractivity contribution >= 4 is 46.1 Å². The Morgan fingerprint density at radius 2 is 1.61 bits per heavy atom. The molecule has 0 unspecified atom stereocenters. The van der Waals surface area contributed by atoms with E-state index in [0.29, 0.717) is 72.0 Å². The number of benzene rings is 2. The monoisotopic (exact) mass is 846 g/mol. The molecule has 14 nitrogen and oxygen atoms in total. The standard InChI is InChI=1S/C46H52F2N10O4/c1-26-16-30-18-39(50-26)35-22-49-54(3)45(35)62-25-29-5-4-28(17-29)24-58-40-21-32(6-8-38(40)51-46(58)53-43(30)60)56-14-15-57(27(2)23-56)31-10-12-55(13-11-31)33-19-36(47)42(37(48)20-33)34-7-9-41(59)52-44(34)61/h6,8,16,18-22,27-29,31,34H,4-5,7,9-15,17,23-25H2,1-3H3,(H,51,53,60)(H,52,59,61)/t27-,28+,29-,34+/m0/s1. The lowest BCUT2D eigenvalue weighted by Crippen LogP contribution is -2.57. The maximum absolute atomic E-state index is 15.4. The number of aryl methyl sites for hydroxylation is 2. The molecule has 324 valence electrons. The van der Waals surface area contributed by atoms with Crippen LogP contribution in [0.4, 0.5) is 26.1 Å². The first-order chi connectivity index (χ1) is 29.9. The van der Waals surface area contributed by atoms with Crippen molar-refractivity contribution < 1.29 is 27.9 Å². The second-order valence-electron chi connectivity index (χ2n) is 18.0. The smallest absolute Gasteiger partial charge is 0.258 e. The molecule has 3 amide bonds. The van der Waals surface area contributed by atoms with E-state index in [0.717, 1.165) is 80.6 Å². The van der Waals surface area contributed by atoms with Gasteiger partial charge in [0.2, 0.25) is 23.6 Å². The second kappa shape index (κ2) is 16.1. The van der Waals surface area contributed by atoms with Gasteiger partial charge in [0.05, 0.1) is 41.0 Å². The lowest BCUT2D eigenvalue weighted by molar-refractivity contribution is -0.134. The van der Waals surface area contributed by atoms with Crippen LogP contribution < -0.4 is 25.2 Å². The molecule has 1 saturated carbocycles. The highest BCUT2D eigenvalue weighted by Gasteiger charge is 2.36. The largest absolute Gasteiger partial charge is 0.477 e. The van der Waals surface area contributed by atoms with Crippen molar-refractivity contribution in [2.75, 3.05) is 54.4 Å². The van der Waals surface area contributed by atoms with E-state index in [4.69, 9.17) is 14.7 Å². The molecule has 5 aliphatic rings. The summed E-state index contributed by atoms with van der Waals surface area (Å²) < 4.78 is 41.1. The first kappa shape index (κ1) is 40.2. The molecule has 4 bridgehead atoms. The summed E-state index contributed by atoms with van der Waals surface area (Å²) in [7, 11) is 1.87. The molecule has 2 N–H and O–H groups in total. The van der Waals surface area contributed by atoms with Crippen molar-refractivity contribution in [2.45, 2.75) is 83.3 Å². The topological polar surface area (TPSA) is 143 Å². The molecule has 2 aromatic carbocycles. The molecule has 10 rings (SSSR count). The number of halogens is 2. The van der Waals surface area contributed by atoms with Gasteiger partial charge in [-0.15, -0.1) is 0 Å². The Morgan fingerprint density at radius 3 is 2.39 bits per heavy atom. The van der Waals surface area contributed by atoms with Gasteiger partial charge in [-0.1, -0.05) is 0 Å². The minimum Gasteiger partial charge on any atom is -0.477 e. The Kier molecular flexibility index (Phi) is 10.4. The van der Waals surface area contributed by atoms with E-state index in [1.165, 1.54) is 12.1 Å². The number of piperidine rings is 2. The maximum Gasteiger partial charge on any atom is 0.258 e. The zero-order chi connectivity index (χ0) is 42.8. The number of amides is 3. The van der Waals surface area contributed by atoms with Crippen LogP contribution in [0, 0.1) is 30.4 Å². The van der Waals surface area contributed by atoms with E-state index in [1.54, 1.807) is 23.0 Å². The highest BCUT2D eigenvalue weighted by atomic mass is 19.1. The van der Waals surface area contributed by atoms with Crippen LogP contribution in [0.3, 0.4) is 0 Å². The highest BCUT2D eigenvalue weighted by Crippen LogP contribution is 2.38. The quantitative estimate of drug-likeness (QED) is 0.202. The number of nitrogens with zero attached hydrogens (tertiary/aromatic N) is 8. The van der Waals surface area contributed by atoms with Crippen LogP contribution in [0.1, 0.15) is 79.4 Å². The molecule has 7 heterocycles. The maximum atomic E-state index is 15.4. The number of hydrogen-bond donors (Lipinski definition) is 2. The third kappa shape index (κ3) is 7.55. The Bertz CT molecular complexity index is 2560. The summed E-state index contributed by atoms with van der Waals surface area (Å²) >= 11 is 0. The fraction of sp³-hybridized carbons (Fsp3) is 0.478. The number of hydrogen-bond acceptors (Lipinski definition) is 10. The zero-order valence-electron chi connectivity index (χ0n) is 35.4. The third-order valence-corrected chi connectivity index (χ3v) is 13.9. The lowest BCUT2D eigenvalue weighted by atomic mass is 9.89. The van der Waals surface area contributed by atoms with Gasteiger partial charge >= 0.3 is 0 Å². The third-order valence-electron chi connectivity index (χ3n) is 13.9. The van der Waals surface area contributed by atoms with Gasteiger partial charge in [-0.25, -0.2) is 18.4 Å². The molecular formula is C46H52F2N10O4. The van der Waals surface area contributed by atoms with Crippen LogP contribution in [-0.2, 0) is 23.2 Å². The van der Waals surface area contributed by atoms with Gasteiger partial charge in [0.25, 0.3) is 5.91 Å². The average Bonchev–Trinajstić information content (AvgIpc) is 3.96. The molecule has 0 radical (unpaired) electrons. The van der Waals surface area contributed by atoms with Crippen molar-refractivity contribution in [1.82, 2.24) is 34.5 Å². The first-order valence-electron chi connectivity index (χ1n) is 22.0. The van der Waals surface area contributed by atoms with Crippen molar-refractivity contribution in [1.29, 1.82) is 0 Å². The number of imidazole rings is 1. The van der Waals surface area contributed by atoms with Crippen LogP contribution in [0.2, 0.25) is 0 Å². The SMILES string of the molecule is Cc1cc2cc(n1)-c1cnn(C)c1OC[C@H]1CC[C@H](C1)Cn1c(nc3ccc(N4CCN(C5CCN(c6cc(F)c([C@H]7CCC(=O)NC7=O)c(F)c6)CC5)[C@@H](C)C4)cc31)NC2=O. The summed E-state index contributed by atoms with van der Waals surface area (Å²) in [6, 6.07) is 13.3. The Morgan fingerprint density at radius 1 is 0.823 bits per heavy atom. The number of rotatable bonds is 4. The van der Waals surface area contributed by atoms with Crippen molar-refractivity contribution in [2.24, 2.45) is 18.9 Å². The van der Waals surface area contributed by atoms with Crippen molar-refractivity contribution in [3.8, 4) is 17.1 Å². The van der Waals surface area contributed by atoms with Gasteiger partial charge in [0, 0.05) is 93.0 Å². The lowest BCUT2D eigenvalue weighted by Gasteiger charge is -2.47. The summed E-state index contributed by atoms with van der Waals surface area (Å²) in [6.07, 6.45) is 6.75. The van der Waals surface area contributed by atoms with Crippen LogP contribution in [0.25, 0.3) is 22.3 Å². The molecule has 4 atom stereocenters. The summed E-state index contributed by atoms with van der Waals surface area (Å²) in [5.74, 6) is -1.86. The van der Waals surface area contributed by atoms with E-state index >= 15 is 8.78 Å². The number of carbonyl (C=O) groups excluding carboxylic acids is 3.